The molecule has 18 heavy (non-hydrogen) atoms. The zero-order chi connectivity index (χ0) is 13.7. The average Bonchev–Trinajstić information content (AvgIpc) is 2.39. The van der Waals surface area contributed by atoms with Gasteiger partial charge in [0.2, 0.25) is 0 Å². The van der Waals surface area contributed by atoms with Gasteiger partial charge in [0.25, 0.3) is 0 Å². The van der Waals surface area contributed by atoms with Crippen molar-refractivity contribution in [3.8, 4) is 5.75 Å². The molecule has 4 nitrogen and oxygen atoms in total. The maximum Gasteiger partial charge on any atom is 0.337 e. The lowest BCUT2D eigenvalue weighted by Gasteiger charge is -2.29. The van der Waals surface area contributed by atoms with Crippen LogP contribution in [0.1, 0.15) is 37.0 Å². The largest absolute Gasteiger partial charge is 0.497 e. The van der Waals surface area contributed by atoms with Crippen molar-refractivity contribution >= 4 is 11.7 Å². The van der Waals surface area contributed by atoms with Gasteiger partial charge in [0.15, 0.2) is 0 Å². The Morgan fingerprint density at radius 3 is 2.44 bits per heavy atom. The van der Waals surface area contributed by atoms with Crippen molar-refractivity contribution in [3.63, 3.8) is 0 Å². The summed E-state index contributed by atoms with van der Waals surface area (Å²) in [6, 6.07) is 5.38. The van der Waals surface area contributed by atoms with E-state index in [4.69, 9.17) is 4.74 Å². The first kappa shape index (κ1) is 14.4. The molecule has 4 heteroatoms. The number of hydrogen-bond donors (Lipinski definition) is 1. The molecule has 0 radical (unpaired) electrons. The van der Waals surface area contributed by atoms with Gasteiger partial charge in [0.05, 0.1) is 18.4 Å². The fraction of sp³-hybridized carbons (Fsp3) is 0.500. The molecule has 0 saturated heterocycles. The molecular formula is C14H21NO3. The summed E-state index contributed by atoms with van der Waals surface area (Å²) in [6.45, 7) is 4.20. The highest BCUT2D eigenvalue weighted by molar-refractivity contribution is 5.94. The highest BCUT2D eigenvalue weighted by Crippen LogP contribution is 2.28. The summed E-state index contributed by atoms with van der Waals surface area (Å²) in [7, 11) is 3.51. The SMILES string of the molecule is CCC(CC)N(C)c1cc(OC)ccc1C(=O)O. The second-order valence-electron chi connectivity index (χ2n) is 4.27. The van der Waals surface area contributed by atoms with Crippen LogP contribution in [-0.4, -0.2) is 31.3 Å². The van der Waals surface area contributed by atoms with Gasteiger partial charge in [-0.1, -0.05) is 13.8 Å². The van der Waals surface area contributed by atoms with E-state index in [0.29, 0.717) is 23.0 Å². The van der Waals surface area contributed by atoms with Crippen LogP contribution in [0.3, 0.4) is 0 Å². The Bertz CT molecular complexity index is 414. The Kier molecular flexibility index (Phi) is 5.01. The maximum atomic E-state index is 11.3. The van der Waals surface area contributed by atoms with Crippen LogP contribution >= 0.6 is 0 Å². The predicted octanol–water partition coefficient (Wildman–Crippen LogP) is 3.02. The van der Waals surface area contributed by atoms with Crippen molar-refractivity contribution in [1.82, 2.24) is 0 Å². The molecule has 1 aromatic rings. The molecular weight excluding hydrogens is 230 g/mol. The third-order valence-electron chi connectivity index (χ3n) is 3.31. The minimum Gasteiger partial charge on any atom is -0.497 e. The number of aromatic carboxylic acids is 1. The summed E-state index contributed by atoms with van der Waals surface area (Å²) >= 11 is 0. The average molecular weight is 251 g/mol. The van der Waals surface area contributed by atoms with Gasteiger partial charge in [-0.15, -0.1) is 0 Å². The van der Waals surface area contributed by atoms with Crippen molar-refractivity contribution in [3.05, 3.63) is 23.8 Å². The summed E-state index contributed by atoms with van der Waals surface area (Å²) in [5, 5.41) is 9.24. The van der Waals surface area contributed by atoms with E-state index >= 15 is 0 Å². The summed E-state index contributed by atoms with van der Waals surface area (Å²) in [4.78, 5) is 13.3. The molecule has 0 unspecified atom stereocenters. The van der Waals surface area contributed by atoms with E-state index in [9.17, 15) is 9.90 Å². The molecule has 0 amide bonds. The third kappa shape index (κ3) is 2.94. The number of carbonyl (C=O) groups is 1. The Balaban J connectivity index is 3.21. The minimum absolute atomic E-state index is 0.310. The first-order valence-corrected chi connectivity index (χ1v) is 6.19. The number of carboxylic acid groups (broad SMARTS) is 1. The Morgan fingerprint density at radius 1 is 1.39 bits per heavy atom. The summed E-state index contributed by atoms with van der Waals surface area (Å²) in [5.41, 5.74) is 1.01. The lowest BCUT2D eigenvalue weighted by Crippen LogP contribution is -2.31. The summed E-state index contributed by atoms with van der Waals surface area (Å²) in [5.74, 6) is -0.238. The highest BCUT2D eigenvalue weighted by Gasteiger charge is 2.18. The van der Waals surface area contributed by atoms with Gasteiger partial charge < -0.3 is 14.7 Å². The van der Waals surface area contributed by atoms with Crippen molar-refractivity contribution in [2.75, 3.05) is 19.1 Å². The van der Waals surface area contributed by atoms with E-state index in [2.05, 4.69) is 13.8 Å². The van der Waals surface area contributed by atoms with Crippen molar-refractivity contribution in [2.24, 2.45) is 0 Å². The first-order valence-electron chi connectivity index (χ1n) is 6.19. The number of ether oxygens (including phenoxy) is 1. The highest BCUT2D eigenvalue weighted by atomic mass is 16.5. The van der Waals surface area contributed by atoms with E-state index in [1.165, 1.54) is 0 Å². The molecule has 0 atom stereocenters. The molecule has 0 bridgehead atoms. The number of benzene rings is 1. The Hall–Kier alpha value is -1.71. The van der Waals surface area contributed by atoms with Crippen LogP contribution in [0.15, 0.2) is 18.2 Å². The fourth-order valence-corrected chi connectivity index (χ4v) is 2.14. The Morgan fingerprint density at radius 2 is 2.00 bits per heavy atom. The molecule has 0 spiro atoms. The zero-order valence-electron chi connectivity index (χ0n) is 11.4. The molecule has 1 rings (SSSR count). The van der Waals surface area contributed by atoms with Gasteiger partial charge in [-0.2, -0.15) is 0 Å². The van der Waals surface area contributed by atoms with E-state index in [-0.39, 0.29) is 0 Å². The lowest BCUT2D eigenvalue weighted by molar-refractivity contribution is 0.0697. The zero-order valence-corrected chi connectivity index (χ0v) is 11.4. The summed E-state index contributed by atoms with van der Waals surface area (Å²) in [6.07, 6.45) is 1.95. The topological polar surface area (TPSA) is 49.8 Å². The van der Waals surface area contributed by atoms with Crippen LogP contribution in [0.2, 0.25) is 0 Å². The standard InChI is InChI=1S/C14H21NO3/c1-5-10(6-2)15(3)13-9-11(18-4)7-8-12(13)14(16)17/h7-10H,5-6H2,1-4H3,(H,16,17). The molecule has 1 N–H and O–H groups in total. The number of methoxy groups -OCH3 is 1. The van der Waals surface area contributed by atoms with E-state index in [1.807, 2.05) is 11.9 Å². The van der Waals surface area contributed by atoms with Gasteiger partial charge in [0.1, 0.15) is 5.75 Å². The molecule has 0 aliphatic rings. The molecule has 1 aromatic carbocycles. The van der Waals surface area contributed by atoms with Crippen LogP contribution < -0.4 is 9.64 Å². The van der Waals surface area contributed by atoms with Gasteiger partial charge >= 0.3 is 5.97 Å². The van der Waals surface area contributed by atoms with Crippen LogP contribution in [0, 0.1) is 0 Å². The number of nitrogens with zero attached hydrogens (tertiary/aromatic N) is 1. The van der Waals surface area contributed by atoms with Gasteiger partial charge in [-0.25, -0.2) is 4.79 Å². The van der Waals surface area contributed by atoms with Gasteiger partial charge in [-0.3, -0.25) is 0 Å². The molecule has 0 aliphatic heterocycles. The number of anilines is 1. The third-order valence-corrected chi connectivity index (χ3v) is 3.31. The maximum absolute atomic E-state index is 11.3. The van der Waals surface area contributed by atoms with Crippen LogP contribution in [0.25, 0.3) is 0 Å². The van der Waals surface area contributed by atoms with Gasteiger partial charge in [0, 0.05) is 19.2 Å². The monoisotopic (exact) mass is 251 g/mol. The minimum atomic E-state index is -0.912. The fourth-order valence-electron chi connectivity index (χ4n) is 2.14. The summed E-state index contributed by atoms with van der Waals surface area (Å²) < 4.78 is 5.17. The predicted molar refractivity (Wildman–Crippen MR) is 72.7 cm³/mol. The van der Waals surface area contributed by atoms with Crippen LogP contribution in [0.5, 0.6) is 5.75 Å². The van der Waals surface area contributed by atoms with Crippen molar-refractivity contribution < 1.29 is 14.6 Å². The second kappa shape index (κ2) is 6.28. The van der Waals surface area contributed by atoms with Crippen LogP contribution in [-0.2, 0) is 0 Å². The van der Waals surface area contributed by atoms with E-state index in [1.54, 1.807) is 25.3 Å². The second-order valence-corrected chi connectivity index (χ2v) is 4.27. The Labute approximate surface area is 108 Å². The van der Waals surface area contributed by atoms with Crippen molar-refractivity contribution in [1.29, 1.82) is 0 Å². The van der Waals surface area contributed by atoms with E-state index in [0.717, 1.165) is 12.8 Å². The first-order chi connectivity index (χ1) is 8.54. The van der Waals surface area contributed by atoms with Crippen LogP contribution in [0.4, 0.5) is 5.69 Å². The van der Waals surface area contributed by atoms with Crippen molar-refractivity contribution in [2.45, 2.75) is 32.7 Å². The van der Waals surface area contributed by atoms with Gasteiger partial charge in [-0.05, 0) is 25.0 Å². The quantitative estimate of drug-likeness (QED) is 0.844. The van der Waals surface area contributed by atoms with E-state index < -0.39 is 5.97 Å². The molecule has 0 heterocycles. The molecule has 0 aliphatic carbocycles. The normalized spacial score (nSPS) is 10.5. The molecule has 100 valence electrons. The molecule has 0 fully saturated rings. The number of carboxylic acids is 1. The molecule has 0 aromatic heterocycles. The smallest absolute Gasteiger partial charge is 0.337 e. The lowest BCUT2D eigenvalue weighted by atomic mass is 10.1. The number of rotatable bonds is 6. The number of hydrogen-bond acceptors (Lipinski definition) is 3. The molecule has 0 saturated carbocycles.